The number of aliphatic hydroxyl groups excluding tert-OH is 1. The van der Waals surface area contributed by atoms with Crippen LogP contribution in [0, 0.1) is 0 Å². The Hall–Kier alpha value is -1.85. The number of hydrogen-bond acceptors (Lipinski definition) is 5. The molecule has 1 aromatic carbocycles. The van der Waals surface area contributed by atoms with Crippen LogP contribution in [0.1, 0.15) is 25.0 Å². The first-order valence-electron chi connectivity index (χ1n) is 6.79. The maximum absolute atomic E-state index is 10.2. The SMILES string of the molecule is CNc1c(Cl)ncnc1NC(C)CC(O)c1ccccc1. The Kier molecular flexibility index (Phi) is 5.36. The number of halogens is 1. The molecule has 6 heteroatoms. The first-order chi connectivity index (χ1) is 10.1. The highest BCUT2D eigenvalue weighted by atomic mass is 35.5. The molecule has 0 radical (unpaired) electrons. The van der Waals surface area contributed by atoms with Crippen LogP contribution in [0.2, 0.25) is 5.15 Å². The quantitative estimate of drug-likeness (QED) is 0.715. The molecule has 0 aliphatic rings. The minimum absolute atomic E-state index is 0.0262. The third kappa shape index (κ3) is 4.06. The van der Waals surface area contributed by atoms with Gasteiger partial charge < -0.3 is 15.7 Å². The lowest BCUT2D eigenvalue weighted by molar-refractivity contribution is 0.162. The Balaban J connectivity index is 2.02. The minimum atomic E-state index is -0.524. The number of anilines is 2. The molecule has 5 nitrogen and oxygen atoms in total. The number of aromatic nitrogens is 2. The Morgan fingerprint density at radius 2 is 1.95 bits per heavy atom. The zero-order chi connectivity index (χ0) is 15.2. The van der Waals surface area contributed by atoms with Crippen LogP contribution in [0.4, 0.5) is 11.5 Å². The standard InChI is InChI=1S/C15H19ClN4O/c1-10(8-12(21)11-6-4-3-5-7-11)20-15-13(17-2)14(16)18-9-19-15/h3-7,9-10,12,17,21H,8H2,1-2H3,(H,18,19,20). The average molecular weight is 307 g/mol. The zero-order valence-corrected chi connectivity index (χ0v) is 12.8. The van der Waals surface area contributed by atoms with Crippen molar-refractivity contribution in [1.82, 2.24) is 9.97 Å². The lowest BCUT2D eigenvalue weighted by atomic mass is 10.0. The predicted molar refractivity (Wildman–Crippen MR) is 85.7 cm³/mol. The van der Waals surface area contributed by atoms with Crippen molar-refractivity contribution in [3.8, 4) is 0 Å². The molecule has 2 aromatic rings. The summed E-state index contributed by atoms with van der Waals surface area (Å²) in [6.45, 7) is 1.99. The number of nitrogens with one attached hydrogen (secondary N) is 2. The van der Waals surface area contributed by atoms with E-state index in [1.165, 1.54) is 6.33 Å². The van der Waals surface area contributed by atoms with Crippen LogP contribution in [-0.4, -0.2) is 28.2 Å². The lowest BCUT2D eigenvalue weighted by Crippen LogP contribution is -2.20. The van der Waals surface area contributed by atoms with Crippen LogP contribution < -0.4 is 10.6 Å². The molecule has 0 aliphatic heterocycles. The van der Waals surface area contributed by atoms with Crippen molar-refractivity contribution in [3.05, 3.63) is 47.4 Å². The molecule has 0 aliphatic carbocycles. The van der Waals surface area contributed by atoms with Gasteiger partial charge in [-0.1, -0.05) is 41.9 Å². The lowest BCUT2D eigenvalue weighted by Gasteiger charge is -2.20. The smallest absolute Gasteiger partial charge is 0.157 e. The highest BCUT2D eigenvalue weighted by molar-refractivity contribution is 6.32. The highest BCUT2D eigenvalue weighted by Gasteiger charge is 2.15. The van der Waals surface area contributed by atoms with E-state index >= 15 is 0 Å². The van der Waals surface area contributed by atoms with E-state index in [2.05, 4.69) is 20.6 Å². The van der Waals surface area contributed by atoms with Crippen LogP contribution in [0.15, 0.2) is 36.7 Å². The van der Waals surface area contributed by atoms with E-state index < -0.39 is 6.10 Å². The fourth-order valence-electron chi connectivity index (χ4n) is 2.13. The van der Waals surface area contributed by atoms with Gasteiger partial charge in [0.2, 0.25) is 0 Å². The Labute approximate surface area is 129 Å². The van der Waals surface area contributed by atoms with Crippen LogP contribution in [0.5, 0.6) is 0 Å². The summed E-state index contributed by atoms with van der Waals surface area (Å²) in [5, 5.41) is 16.8. The summed E-state index contributed by atoms with van der Waals surface area (Å²) < 4.78 is 0. The van der Waals surface area contributed by atoms with E-state index in [1.807, 2.05) is 37.3 Å². The number of nitrogens with zero attached hydrogens (tertiary/aromatic N) is 2. The Morgan fingerprint density at radius 3 is 2.62 bits per heavy atom. The van der Waals surface area contributed by atoms with Crippen LogP contribution in [0.3, 0.4) is 0 Å². The fourth-order valence-corrected chi connectivity index (χ4v) is 2.36. The minimum Gasteiger partial charge on any atom is -0.388 e. The molecule has 0 bridgehead atoms. The van der Waals surface area contributed by atoms with Gasteiger partial charge in [0, 0.05) is 13.1 Å². The van der Waals surface area contributed by atoms with Gasteiger partial charge in [0.25, 0.3) is 0 Å². The van der Waals surface area contributed by atoms with Crippen molar-refractivity contribution in [2.24, 2.45) is 0 Å². The highest BCUT2D eigenvalue weighted by Crippen LogP contribution is 2.27. The van der Waals surface area contributed by atoms with E-state index in [4.69, 9.17) is 11.6 Å². The van der Waals surface area contributed by atoms with Gasteiger partial charge in [-0.25, -0.2) is 9.97 Å². The second-order valence-corrected chi connectivity index (χ2v) is 5.20. The van der Waals surface area contributed by atoms with Gasteiger partial charge in [-0.3, -0.25) is 0 Å². The molecule has 0 fully saturated rings. The summed E-state index contributed by atoms with van der Waals surface area (Å²) >= 11 is 6.01. The fraction of sp³-hybridized carbons (Fsp3) is 0.333. The maximum atomic E-state index is 10.2. The van der Waals surface area contributed by atoms with Gasteiger partial charge >= 0.3 is 0 Å². The molecular weight excluding hydrogens is 288 g/mol. The summed E-state index contributed by atoms with van der Waals surface area (Å²) in [6.07, 6.45) is 1.45. The maximum Gasteiger partial charge on any atom is 0.157 e. The molecule has 1 aromatic heterocycles. The largest absolute Gasteiger partial charge is 0.388 e. The van der Waals surface area contributed by atoms with E-state index in [1.54, 1.807) is 7.05 Å². The summed E-state index contributed by atoms with van der Waals surface area (Å²) in [5.41, 5.74) is 1.56. The zero-order valence-electron chi connectivity index (χ0n) is 12.0. The molecule has 0 amide bonds. The normalized spacial score (nSPS) is 13.5. The molecule has 2 atom stereocenters. The molecule has 2 rings (SSSR count). The predicted octanol–water partition coefficient (Wildman–Crippen LogP) is 3.10. The monoisotopic (exact) mass is 306 g/mol. The number of benzene rings is 1. The van der Waals surface area contributed by atoms with Crippen molar-refractivity contribution in [3.63, 3.8) is 0 Å². The third-order valence-electron chi connectivity index (χ3n) is 3.20. The van der Waals surface area contributed by atoms with E-state index in [0.717, 1.165) is 5.56 Å². The number of hydrogen-bond donors (Lipinski definition) is 3. The third-order valence-corrected chi connectivity index (χ3v) is 3.48. The van der Waals surface area contributed by atoms with E-state index in [9.17, 15) is 5.11 Å². The van der Waals surface area contributed by atoms with Crippen LogP contribution >= 0.6 is 11.6 Å². The van der Waals surface area contributed by atoms with Gasteiger partial charge in [0.05, 0.1) is 6.10 Å². The molecule has 2 unspecified atom stereocenters. The molecular formula is C15H19ClN4O. The van der Waals surface area contributed by atoms with Gasteiger partial charge in [-0.15, -0.1) is 0 Å². The number of rotatable bonds is 6. The van der Waals surface area contributed by atoms with Crippen molar-refractivity contribution in [2.75, 3.05) is 17.7 Å². The molecule has 0 spiro atoms. The first kappa shape index (κ1) is 15.5. The van der Waals surface area contributed by atoms with Gasteiger partial charge in [-0.2, -0.15) is 0 Å². The van der Waals surface area contributed by atoms with Crippen molar-refractivity contribution in [1.29, 1.82) is 0 Å². The van der Waals surface area contributed by atoms with Crippen molar-refractivity contribution < 1.29 is 5.11 Å². The molecule has 0 saturated heterocycles. The van der Waals surface area contributed by atoms with E-state index in [0.29, 0.717) is 23.1 Å². The molecule has 3 N–H and O–H groups in total. The summed E-state index contributed by atoms with van der Waals surface area (Å²) in [7, 11) is 1.76. The summed E-state index contributed by atoms with van der Waals surface area (Å²) in [4.78, 5) is 8.11. The Morgan fingerprint density at radius 1 is 1.24 bits per heavy atom. The number of aliphatic hydroxyl groups is 1. The first-order valence-corrected chi connectivity index (χ1v) is 7.17. The summed E-state index contributed by atoms with van der Waals surface area (Å²) in [5.74, 6) is 0.630. The summed E-state index contributed by atoms with van der Waals surface area (Å²) in [6, 6.07) is 9.62. The van der Waals surface area contributed by atoms with Crippen LogP contribution in [-0.2, 0) is 0 Å². The topological polar surface area (TPSA) is 70.1 Å². The molecule has 21 heavy (non-hydrogen) atoms. The van der Waals surface area contributed by atoms with Crippen molar-refractivity contribution >= 4 is 23.1 Å². The van der Waals surface area contributed by atoms with E-state index in [-0.39, 0.29) is 6.04 Å². The van der Waals surface area contributed by atoms with Gasteiger partial charge in [-0.05, 0) is 18.9 Å². The molecule has 0 saturated carbocycles. The Bertz CT molecular complexity index is 579. The second kappa shape index (κ2) is 7.24. The second-order valence-electron chi connectivity index (χ2n) is 4.85. The van der Waals surface area contributed by atoms with Crippen LogP contribution in [0.25, 0.3) is 0 Å². The van der Waals surface area contributed by atoms with Gasteiger partial charge in [0.15, 0.2) is 11.0 Å². The molecule has 1 heterocycles. The van der Waals surface area contributed by atoms with Crippen molar-refractivity contribution in [2.45, 2.75) is 25.5 Å². The average Bonchev–Trinajstić information content (AvgIpc) is 2.48. The molecule has 112 valence electrons. The van der Waals surface area contributed by atoms with Gasteiger partial charge in [0.1, 0.15) is 12.0 Å².